The number of rotatable bonds is 6. The zero-order valence-corrected chi connectivity index (χ0v) is 13.1. The summed E-state index contributed by atoms with van der Waals surface area (Å²) in [7, 11) is 0. The van der Waals surface area contributed by atoms with Crippen LogP contribution in [0.5, 0.6) is 0 Å². The van der Waals surface area contributed by atoms with Crippen molar-refractivity contribution in [2.24, 2.45) is 0 Å². The zero-order valence-electron chi connectivity index (χ0n) is 13.1. The maximum absolute atomic E-state index is 11.9. The highest BCUT2D eigenvalue weighted by atomic mass is 16.5. The predicted octanol–water partition coefficient (Wildman–Crippen LogP) is 1.85. The van der Waals surface area contributed by atoms with E-state index in [0.717, 1.165) is 35.1 Å². The van der Waals surface area contributed by atoms with Crippen molar-refractivity contribution < 1.29 is 9.32 Å². The van der Waals surface area contributed by atoms with Gasteiger partial charge >= 0.3 is 0 Å². The van der Waals surface area contributed by atoms with Crippen molar-refractivity contribution in [1.29, 1.82) is 0 Å². The van der Waals surface area contributed by atoms with Crippen LogP contribution in [-0.4, -0.2) is 27.2 Å². The number of carbonyl (C=O) groups excluding carboxylic acids is 1. The van der Waals surface area contributed by atoms with Gasteiger partial charge in [-0.1, -0.05) is 5.16 Å². The largest absolute Gasteiger partial charge is 0.361 e. The van der Waals surface area contributed by atoms with Crippen LogP contribution in [0.4, 0.5) is 0 Å². The van der Waals surface area contributed by atoms with E-state index in [1.807, 2.05) is 33.9 Å². The van der Waals surface area contributed by atoms with Crippen LogP contribution in [0.2, 0.25) is 0 Å². The van der Waals surface area contributed by atoms with Gasteiger partial charge < -0.3 is 14.4 Å². The van der Waals surface area contributed by atoms with Crippen LogP contribution in [0.1, 0.15) is 35.0 Å². The summed E-state index contributed by atoms with van der Waals surface area (Å²) in [5.74, 6) is 1.81. The highest BCUT2D eigenvalue weighted by molar-refractivity contribution is 5.76. The third kappa shape index (κ3) is 3.71. The molecule has 0 unspecified atom stereocenters. The van der Waals surface area contributed by atoms with Crippen molar-refractivity contribution in [3.8, 4) is 0 Å². The minimum absolute atomic E-state index is 0.0467. The van der Waals surface area contributed by atoms with Crippen LogP contribution < -0.4 is 5.32 Å². The molecule has 6 heteroatoms. The molecule has 0 radical (unpaired) electrons. The van der Waals surface area contributed by atoms with Gasteiger partial charge in [0.05, 0.1) is 5.69 Å². The minimum atomic E-state index is 0.0467. The summed E-state index contributed by atoms with van der Waals surface area (Å²) in [6.07, 6.45) is 2.95. The molecule has 0 fully saturated rings. The lowest BCUT2D eigenvalue weighted by molar-refractivity contribution is -0.121. The first-order valence-corrected chi connectivity index (χ1v) is 7.16. The monoisotopic (exact) mass is 290 g/mol. The molecule has 1 N–H and O–H groups in total. The Bertz CT molecular complexity index is 589. The Kier molecular flexibility index (Phi) is 4.77. The minimum Gasteiger partial charge on any atom is -0.361 e. The Labute approximate surface area is 124 Å². The van der Waals surface area contributed by atoms with Crippen molar-refractivity contribution in [3.63, 3.8) is 0 Å². The Morgan fingerprint density at radius 3 is 2.67 bits per heavy atom. The summed E-state index contributed by atoms with van der Waals surface area (Å²) in [4.78, 5) is 16.1. The summed E-state index contributed by atoms with van der Waals surface area (Å²) < 4.78 is 7.18. The molecule has 2 heterocycles. The summed E-state index contributed by atoms with van der Waals surface area (Å²) in [5, 5.41) is 6.83. The first-order chi connectivity index (χ1) is 9.99. The highest BCUT2D eigenvalue weighted by Gasteiger charge is 2.11. The third-order valence-electron chi connectivity index (χ3n) is 3.70. The molecule has 0 aliphatic heterocycles. The fraction of sp³-hybridized carbons (Fsp3) is 0.533. The first kappa shape index (κ1) is 15.3. The van der Waals surface area contributed by atoms with Gasteiger partial charge in [-0.15, -0.1) is 0 Å². The van der Waals surface area contributed by atoms with Crippen molar-refractivity contribution >= 4 is 5.91 Å². The average molecular weight is 290 g/mol. The molecule has 6 nitrogen and oxygen atoms in total. The summed E-state index contributed by atoms with van der Waals surface area (Å²) in [5.41, 5.74) is 3.01. The molecular weight excluding hydrogens is 268 g/mol. The average Bonchev–Trinajstić information content (AvgIpc) is 2.93. The fourth-order valence-electron chi connectivity index (χ4n) is 2.41. The summed E-state index contributed by atoms with van der Waals surface area (Å²) in [6, 6.07) is 0. The van der Waals surface area contributed by atoms with Gasteiger partial charge in [-0.2, -0.15) is 0 Å². The van der Waals surface area contributed by atoms with E-state index >= 15 is 0 Å². The third-order valence-corrected chi connectivity index (χ3v) is 3.70. The number of nitrogens with zero attached hydrogens (tertiary/aromatic N) is 3. The van der Waals surface area contributed by atoms with Crippen molar-refractivity contribution in [2.45, 2.75) is 47.1 Å². The van der Waals surface area contributed by atoms with E-state index in [1.54, 1.807) is 0 Å². The van der Waals surface area contributed by atoms with Crippen LogP contribution in [0.15, 0.2) is 10.7 Å². The van der Waals surface area contributed by atoms with E-state index in [0.29, 0.717) is 19.4 Å². The van der Waals surface area contributed by atoms with Crippen LogP contribution in [-0.2, 0) is 17.8 Å². The zero-order chi connectivity index (χ0) is 15.4. The standard InChI is InChI=1S/C15H22N4O2/c1-10-9-17-13(4)19(10)8-7-16-15(20)6-5-14-11(2)18-21-12(14)3/h9H,5-8H2,1-4H3,(H,16,20). The SMILES string of the molecule is Cc1noc(C)c1CCC(=O)NCCn1c(C)cnc1C. The lowest BCUT2D eigenvalue weighted by atomic mass is 10.1. The number of imidazole rings is 1. The first-order valence-electron chi connectivity index (χ1n) is 7.16. The van der Waals surface area contributed by atoms with Gasteiger partial charge in [-0.25, -0.2) is 4.98 Å². The molecule has 0 aliphatic rings. The number of amides is 1. The van der Waals surface area contributed by atoms with E-state index in [9.17, 15) is 4.79 Å². The molecule has 0 aromatic carbocycles. The molecule has 2 aromatic rings. The van der Waals surface area contributed by atoms with E-state index in [2.05, 4.69) is 20.0 Å². The molecule has 0 saturated carbocycles. The van der Waals surface area contributed by atoms with E-state index in [-0.39, 0.29) is 5.91 Å². The van der Waals surface area contributed by atoms with Gasteiger partial charge in [-0.3, -0.25) is 4.79 Å². The second-order valence-electron chi connectivity index (χ2n) is 5.25. The molecular formula is C15H22N4O2. The Morgan fingerprint density at radius 2 is 2.10 bits per heavy atom. The maximum Gasteiger partial charge on any atom is 0.220 e. The van der Waals surface area contributed by atoms with Crippen molar-refractivity contribution in [2.75, 3.05) is 6.54 Å². The summed E-state index contributed by atoms with van der Waals surface area (Å²) >= 11 is 0. The molecule has 2 rings (SSSR count). The second-order valence-corrected chi connectivity index (χ2v) is 5.25. The molecule has 0 saturated heterocycles. The van der Waals surface area contributed by atoms with Crippen LogP contribution >= 0.6 is 0 Å². The van der Waals surface area contributed by atoms with Crippen molar-refractivity contribution in [1.82, 2.24) is 20.0 Å². The normalized spacial score (nSPS) is 10.9. The molecule has 1 amide bonds. The number of hydrogen-bond acceptors (Lipinski definition) is 4. The number of aromatic nitrogens is 3. The quantitative estimate of drug-likeness (QED) is 0.881. The molecule has 0 aliphatic carbocycles. The van der Waals surface area contributed by atoms with Crippen LogP contribution in [0.25, 0.3) is 0 Å². The molecule has 21 heavy (non-hydrogen) atoms. The highest BCUT2D eigenvalue weighted by Crippen LogP contribution is 2.14. The van der Waals surface area contributed by atoms with Gasteiger partial charge in [0.2, 0.25) is 5.91 Å². The fourth-order valence-corrected chi connectivity index (χ4v) is 2.41. The van der Waals surface area contributed by atoms with Gasteiger partial charge in [0.1, 0.15) is 11.6 Å². The van der Waals surface area contributed by atoms with Gasteiger partial charge in [0, 0.05) is 37.0 Å². The topological polar surface area (TPSA) is 73.0 Å². The molecule has 2 aromatic heterocycles. The Hall–Kier alpha value is -2.11. The number of nitrogens with one attached hydrogen (secondary N) is 1. The summed E-state index contributed by atoms with van der Waals surface area (Å²) in [6.45, 7) is 9.10. The molecule has 0 atom stereocenters. The maximum atomic E-state index is 11.9. The number of aryl methyl sites for hydroxylation is 4. The smallest absolute Gasteiger partial charge is 0.220 e. The number of hydrogen-bond donors (Lipinski definition) is 1. The Balaban J connectivity index is 1.76. The Morgan fingerprint density at radius 1 is 1.33 bits per heavy atom. The molecule has 114 valence electrons. The van der Waals surface area contributed by atoms with E-state index in [4.69, 9.17) is 4.52 Å². The molecule has 0 spiro atoms. The predicted molar refractivity (Wildman–Crippen MR) is 79.0 cm³/mol. The second kappa shape index (κ2) is 6.56. The van der Waals surface area contributed by atoms with Crippen molar-refractivity contribution in [3.05, 3.63) is 34.7 Å². The molecule has 0 bridgehead atoms. The van der Waals surface area contributed by atoms with E-state index in [1.165, 1.54) is 0 Å². The van der Waals surface area contributed by atoms with Gasteiger partial charge in [0.15, 0.2) is 0 Å². The van der Waals surface area contributed by atoms with Crippen LogP contribution in [0, 0.1) is 27.7 Å². The van der Waals surface area contributed by atoms with Gasteiger partial charge in [0.25, 0.3) is 0 Å². The van der Waals surface area contributed by atoms with E-state index < -0.39 is 0 Å². The lowest BCUT2D eigenvalue weighted by Crippen LogP contribution is -2.28. The van der Waals surface area contributed by atoms with Gasteiger partial charge in [-0.05, 0) is 34.1 Å². The number of carbonyl (C=O) groups is 1. The van der Waals surface area contributed by atoms with Crippen LogP contribution in [0.3, 0.4) is 0 Å². The lowest BCUT2D eigenvalue weighted by Gasteiger charge is -2.09.